The zero-order valence-corrected chi connectivity index (χ0v) is 28.2. The van der Waals surface area contributed by atoms with Crippen LogP contribution in [0.5, 0.6) is 0 Å². The predicted octanol–water partition coefficient (Wildman–Crippen LogP) is 11.3. The summed E-state index contributed by atoms with van der Waals surface area (Å²) >= 11 is 0. The van der Waals surface area contributed by atoms with Crippen LogP contribution in [-0.4, -0.2) is 15.0 Å². The van der Waals surface area contributed by atoms with Gasteiger partial charge in [-0.2, -0.15) is 0 Å². The molecule has 1 radical (unpaired) electrons. The van der Waals surface area contributed by atoms with Gasteiger partial charge in [-0.1, -0.05) is 90.5 Å². The number of hydrogen-bond donors (Lipinski definition) is 0. The number of hydrogen-bond acceptors (Lipinski definition) is 5. The number of para-hydroxylation sites is 4. The Morgan fingerprint density at radius 1 is 0.510 bits per heavy atom. The number of furan rings is 2. The summed E-state index contributed by atoms with van der Waals surface area (Å²) in [6.45, 7) is 0. The topological polar surface area (TPSA) is 65.0 Å². The Bertz CT molecular complexity index is 2730. The van der Waals surface area contributed by atoms with E-state index in [1.54, 1.807) is 0 Å². The average molecular weight is 807 g/mol. The van der Waals surface area contributed by atoms with Gasteiger partial charge in [-0.3, -0.25) is 0 Å². The van der Waals surface area contributed by atoms with Gasteiger partial charge < -0.3 is 13.8 Å². The van der Waals surface area contributed by atoms with E-state index >= 15 is 0 Å². The molecule has 233 valence electrons. The molecule has 0 amide bonds. The van der Waals surface area contributed by atoms with E-state index in [-0.39, 0.29) is 20.1 Å². The second kappa shape index (κ2) is 11.6. The van der Waals surface area contributed by atoms with Gasteiger partial charge in [-0.05, 0) is 52.9 Å². The number of benzene rings is 6. The van der Waals surface area contributed by atoms with E-state index in [1.807, 2.05) is 79.0 Å². The van der Waals surface area contributed by atoms with Gasteiger partial charge in [0.2, 0.25) is 0 Å². The van der Waals surface area contributed by atoms with E-state index in [4.69, 9.17) is 23.8 Å². The molecule has 6 heteroatoms. The third-order valence-electron chi connectivity index (χ3n) is 9.08. The standard InChI is InChI=1S/C43H24N3O2.Ir/c1-2-13-29-26(10-1)22-23-44-40(29)27-11-7-12-28(24-27)43-45-36(34-18-8-16-32-30-14-3-5-20-38(30)47-41(32)34)25-37(46-43)35-19-9-17-33-31-15-4-6-21-39(31)48-42(33)35;/h1-10,12-25H;/q-1;. The molecule has 6 aromatic carbocycles. The molecule has 0 aliphatic heterocycles. The molecular formula is C43H24IrN3O2-. The summed E-state index contributed by atoms with van der Waals surface area (Å²) in [4.78, 5) is 15.2. The van der Waals surface area contributed by atoms with E-state index in [1.165, 1.54) is 0 Å². The first-order chi connectivity index (χ1) is 23.8. The first-order valence-electron chi connectivity index (χ1n) is 15.9. The minimum atomic E-state index is 0. The maximum absolute atomic E-state index is 6.46. The normalized spacial score (nSPS) is 11.5. The van der Waals surface area contributed by atoms with Crippen molar-refractivity contribution in [2.75, 3.05) is 0 Å². The second-order valence-electron chi connectivity index (χ2n) is 11.9. The van der Waals surface area contributed by atoms with Crippen molar-refractivity contribution in [1.29, 1.82) is 0 Å². The Kier molecular flexibility index (Phi) is 6.94. The number of rotatable bonds is 4. The SMILES string of the molecule is [Ir].[c-]1ccc(-c2nc(-c3cccc4c3oc3ccccc34)cc(-c3cccc4c3oc3ccccc34)n2)cc1-c1nccc2ccccc12. The second-order valence-corrected chi connectivity index (χ2v) is 11.9. The van der Waals surface area contributed by atoms with Gasteiger partial charge >= 0.3 is 0 Å². The summed E-state index contributed by atoms with van der Waals surface area (Å²) in [5.74, 6) is 0.583. The smallest absolute Gasteiger partial charge is 0.144 e. The van der Waals surface area contributed by atoms with Crippen molar-refractivity contribution in [3.8, 4) is 45.2 Å². The van der Waals surface area contributed by atoms with Gasteiger partial charge in [-0.25, -0.2) is 9.97 Å². The molecular weight excluding hydrogens is 783 g/mol. The Morgan fingerprint density at radius 2 is 1.08 bits per heavy atom. The third kappa shape index (κ3) is 4.76. The monoisotopic (exact) mass is 807 g/mol. The molecule has 0 bridgehead atoms. The summed E-state index contributed by atoms with van der Waals surface area (Å²) in [5, 5.41) is 6.42. The zero-order valence-electron chi connectivity index (χ0n) is 25.8. The molecule has 0 aliphatic rings. The van der Waals surface area contributed by atoms with E-state index in [0.29, 0.717) is 5.82 Å². The molecule has 49 heavy (non-hydrogen) atoms. The Hall–Kier alpha value is -5.94. The Balaban J connectivity index is 0.00000325. The summed E-state index contributed by atoms with van der Waals surface area (Å²) in [6.07, 6.45) is 1.84. The molecule has 4 aromatic heterocycles. The fourth-order valence-electron chi connectivity index (χ4n) is 6.83. The molecule has 0 atom stereocenters. The largest absolute Gasteiger partial charge is 0.455 e. The van der Waals surface area contributed by atoms with Gasteiger partial charge in [0.1, 0.15) is 28.2 Å². The van der Waals surface area contributed by atoms with Crippen molar-refractivity contribution in [1.82, 2.24) is 15.0 Å². The predicted molar refractivity (Wildman–Crippen MR) is 192 cm³/mol. The molecule has 10 aromatic rings. The van der Waals surface area contributed by atoms with Crippen molar-refractivity contribution in [3.05, 3.63) is 152 Å². The van der Waals surface area contributed by atoms with Crippen LogP contribution in [0.15, 0.2) is 155 Å². The van der Waals surface area contributed by atoms with Gasteiger partial charge in [-0.15, -0.1) is 29.8 Å². The fourth-order valence-corrected chi connectivity index (χ4v) is 6.83. The van der Waals surface area contributed by atoms with Crippen LogP contribution in [0.2, 0.25) is 0 Å². The van der Waals surface area contributed by atoms with E-state index in [9.17, 15) is 0 Å². The maximum atomic E-state index is 6.46. The Morgan fingerprint density at radius 3 is 1.73 bits per heavy atom. The molecule has 0 unspecified atom stereocenters. The minimum absolute atomic E-state index is 0. The molecule has 0 fully saturated rings. The minimum Gasteiger partial charge on any atom is -0.455 e. The molecule has 0 aliphatic carbocycles. The van der Waals surface area contributed by atoms with Crippen LogP contribution in [-0.2, 0) is 20.1 Å². The van der Waals surface area contributed by atoms with Crippen molar-refractivity contribution in [2.24, 2.45) is 0 Å². The van der Waals surface area contributed by atoms with E-state index in [2.05, 4.69) is 72.8 Å². The van der Waals surface area contributed by atoms with Crippen LogP contribution in [0.25, 0.3) is 99.8 Å². The number of aromatic nitrogens is 3. The van der Waals surface area contributed by atoms with Crippen LogP contribution in [0.3, 0.4) is 0 Å². The fraction of sp³-hybridized carbons (Fsp3) is 0. The number of pyridine rings is 1. The van der Waals surface area contributed by atoms with Gasteiger partial charge in [0.05, 0.1) is 11.4 Å². The third-order valence-corrected chi connectivity index (χ3v) is 9.08. The van der Waals surface area contributed by atoms with E-state index in [0.717, 1.165) is 94.0 Å². The molecule has 5 nitrogen and oxygen atoms in total. The molecule has 0 spiro atoms. The first kappa shape index (κ1) is 29.2. The molecule has 10 rings (SSSR count). The molecule has 0 saturated heterocycles. The van der Waals surface area contributed by atoms with Crippen molar-refractivity contribution < 1.29 is 28.9 Å². The summed E-state index contributed by atoms with van der Waals surface area (Å²) < 4.78 is 12.9. The van der Waals surface area contributed by atoms with Crippen molar-refractivity contribution in [2.45, 2.75) is 0 Å². The quantitative estimate of drug-likeness (QED) is 0.166. The number of fused-ring (bicyclic) bond motifs is 7. The van der Waals surface area contributed by atoms with Crippen LogP contribution >= 0.6 is 0 Å². The van der Waals surface area contributed by atoms with Gasteiger partial charge in [0.15, 0.2) is 0 Å². The Labute approximate surface area is 294 Å². The molecule has 0 N–H and O–H groups in total. The average Bonchev–Trinajstić information content (AvgIpc) is 3.73. The van der Waals surface area contributed by atoms with Crippen LogP contribution < -0.4 is 0 Å². The van der Waals surface area contributed by atoms with Crippen molar-refractivity contribution in [3.63, 3.8) is 0 Å². The van der Waals surface area contributed by atoms with Crippen LogP contribution in [0, 0.1) is 6.07 Å². The summed E-state index contributed by atoms with van der Waals surface area (Å²) in [6, 6.07) is 50.4. The number of nitrogens with zero attached hydrogens (tertiary/aromatic N) is 3. The maximum Gasteiger partial charge on any atom is 0.144 e. The first-order valence-corrected chi connectivity index (χ1v) is 15.9. The van der Waals surface area contributed by atoms with Crippen LogP contribution in [0.4, 0.5) is 0 Å². The van der Waals surface area contributed by atoms with Crippen LogP contribution in [0.1, 0.15) is 0 Å². The van der Waals surface area contributed by atoms with Gasteiger partial charge in [0, 0.05) is 59.0 Å². The molecule has 0 saturated carbocycles. The van der Waals surface area contributed by atoms with E-state index < -0.39 is 0 Å². The zero-order chi connectivity index (χ0) is 31.6. The summed E-state index contributed by atoms with van der Waals surface area (Å²) in [5.41, 5.74) is 9.15. The molecule has 4 heterocycles. The van der Waals surface area contributed by atoms with Gasteiger partial charge in [0.25, 0.3) is 0 Å². The summed E-state index contributed by atoms with van der Waals surface area (Å²) in [7, 11) is 0. The van der Waals surface area contributed by atoms with Crippen molar-refractivity contribution >= 4 is 54.6 Å².